The van der Waals surface area contributed by atoms with Gasteiger partial charge >= 0.3 is 0 Å². The molecule has 0 saturated carbocycles. The van der Waals surface area contributed by atoms with E-state index < -0.39 is 12.0 Å². The summed E-state index contributed by atoms with van der Waals surface area (Å²) in [6.07, 6.45) is -0.526. The molecule has 3 nitrogen and oxygen atoms in total. The second kappa shape index (κ2) is 1.91. The van der Waals surface area contributed by atoms with Crippen molar-refractivity contribution in [3.05, 3.63) is 0 Å². The van der Waals surface area contributed by atoms with E-state index in [1.807, 2.05) is 0 Å². The van der Waals surface area contributed by atoms with Crippen LogP contribution in [0.3, 0.4) is 0 Å². The zero-order valence-electron chi connectivity index (χ0n) is 4.13. The van der Waals surface area contributed by atoms with Gasteiger partial charge in [0.2, 0.25) is 5.91 Å². The fourth-order valence-electron chi connectivity index (χ4n) is 0.511. The van der Waals surface area contributed by atoms with Crippen molar-refractivity contribution >= 4 is 17.5 Å². The summed E-state index contributed by atoms with van der Waals surface area (Å²) in [4.78, 5) is 10.2. The average Bonchev–Trinajstić information content (AvgIpc) is 2.42. The number of hydrogen-bond acceptors (Lipinski definition) is 2. The fourth-order valence-corrected chi connectivity index (χ4v) is 0.745. The van der Waals surface area contributed by atoms with Crippen molar-refractivity contribution in [2.24, 2.45) is 5.73 Å². The zero-order chi connectivity index (χ0) is 6.15. The summed E-state index contributed by atoms with van der Waals surface area (Å²) in [5, 5.41) is 0. The topological polar surface area (TPSA) is 55.6 Å². The summed E-state index contributed by atoms with van der Waals surface area (Å²) in [6, 6.07) is 0. The van der Waals surface area contributed by atoms with E-state index in [9.17, 15) is 4.79 Å². The van der Waals surface area contributed by atoms with Crippen molar-refractivity contribution in [1.82, 2.24) is 0 Å². The molecule has 4 heteroatoms. The van der Waals surface area contributed by atoms with Crippen LogP contribution in [0.1, 0.15) is 0 Å². The maximum absolute atomic E-state index is 10.2. The van der Waals surface area contributed by atoms with Crippen molar-refractivity contribution in [2.75, 3.05) is 5.88 Å². The van der Waals surface area contributed by atoms with E-state index in [0.717, 1.165) is 0 Å². The summed E-state index contributed by atoms with van der Waals surface area (Å²) >= 11 is 5.30. The first-order chi connectivity index (χ1) is 3.75. The SMILES string of the molecule is NC(=O)[C@H]1O[C@H]1CCl. The third kappa shape index (κ3) is 0.928. The number of primary amides is 1. The van der Waals surface area contributed by atoms with E-state index in [1.165, 1.54) is 0 Å². The van der Waals surface area contributed by atoms with Crippen LogP contribution in [0, 0.1) is 0 Å². The zero-order valence-corrected chi connectivity index (χ0v) is 4.89. The Morgan fingerprint density at radius 1 is 1.88 bits per heavy atom. The maximum Gasteiger partial charge on any atom is 0.249 e. The van der Waals surface area contributed by atoms with Crippen LogP contribution >= 0.6 is 11.6 Å². The molecule has 1 aliphatic rings. The number of halogens is 1. The lowest BCUT2D eigenvalue weighted by molar-refractivity contribution is -0.119. The number of carbonyl (C=O) groups excluding carboxylic acids is 1. The highest BCUT2D eigenvalue weighted by molar-refractivity contribution is 6.18. The van der Waals surface area contributed by atoms with Crippen molar-refractivity contribution in [3.8, 4) is 0 Å². The molecule has 0 aromatic heterocycles. The normalized spacial score (nSPS) is 34.6. The Hall–Kier alpha value is -0.280. The molecule has 1 saturated heterocycles. The smallest absolute Gasteiger partial charge is 0.249 e. The molecule has 1 fully saturated rings. The van der Waals surface area contributed by atoms with Crippen LogP contribution in [0.2, 0.25) is 0 Å². The molecular weight excluding hydrogens is 130 g/mol. The molecule has 1 heterocycles. The number of hydrogen-bond donors (Lipinski definition) is 1. The lowest BCUT2D eigenvalue weighted by Crippen LogP contribution is -2.20. The molecule has 1 rings (SSSR count). The molecule has 1 amide bonds. The fraction of sp³-hybridized carbons (Fsp3) is 0.750. The molecule has 2 N–H and O–H groups in total. The number of carbonyl (C=O) groups is 1. The molecule has 0 spiro atoms. The van der Waals surface area contributed by atoms with Crippen LogP contribution in [0.25, 0.3) is 0 Å². The second-order valence-electron chi connectivity index (χ2n) is 1.65. The van der Waals surface area contributed by atoms with Gasteiger partial charge in [0.25, 0.3) is 0 Å². The summed E-state index contributed by atoms with van der Waals surface area (Å²) in [6.45, 7) is 0. The molecule has 0 aromatic rings. The van der Waals surface area contributed by atoms with Gasteiger partial charge in [-0.3, -0.25) is 4.79 Å². The lowest BCUT2D eigenvalue weighted by atomic mass is 10.3. The van der Waals surface area contributed by atoms with E-state index in [2.05, 4.69) is 0 Å². The first-order valence-electron chi connectivity index (χ1n) is 2.26. The first kappa shape index (κ1) is 5.85. The minimum Gasteiger partial charge on any atom is -0.367 e. The highest BCUT2D eigenvalue weighted by Crippen LogP contribution is 2.21. The number of epoxide rings is 1. The van der Waals surface area contributed by atoms with Crippen molar-refractivity contribution in [1.29, 1.82) is 0 Å². The van der Waals surface area contributed by atoms with E-state index in [4.69, 9.17) is 22.1 Å². The van der Waals surface area contributed by atoms with Crippen LogP contribution in [0.5, 0.6) is 0 Å². The quantitative estimate of drug-likeness (QED) is 0.409. The predicted molar refractivity (Wildman–Crippen MR) is 28.6 cm³/mol. The van der Waals surface area contributed by atoms with Crippen LogP contribution in [-0.4, -0.2) is 24.0 Å². The highest BCUT2D eigenvalue weighted by atomic mass is 35.5. The van der Waals surface area contributed by atoms with E-state index in [-0.39, 0.29) is 6.10 Å². The molecule has 0 aromatic carbocycles. The standard InChI is InChI=1S/C4H6ClNO2/c5-1-2-3(8-2)4(6)7/h2-3H,1H2,(H2,6,7)/t2-,3-/m0/s1. The van der Waals surface area contributed by atoms with Gasteiger partial charge < -0.3 is 10.5 Å². The molecule has 0 radical (unpaired) electrons. The molecule has 2 atom stereocenters. The number of rotatable bonds is 2. The average molecular weight is 136 g/mol. The first-order valence-corrected chi connectivity index (χ1v) is 2.80. The van der Waals surface area contributed by atoms with Gasteiger partial charge in [-0.25, -0.2) is 0 Å². The van der Waals surface area contributed by atoms with Crippen LogP contribution in [-0.2, 0) is 9.53 Å². The molecule has 46 valence electrons. The van der Waals surface area contributed by atoms with Crippen molar-refractivity contribution in [3.63, 3.8) is 0 Å². The molecule has 8 heavy (non-hydrogen) atoms. The van der Waals surface area contributed by atoms with Crippen LogP contribution in [0.4, 0.5) is 0 Å². The number of amides is 1. The highest BCUT2D eigenvalue weighted by Gasteiger charge is 2.42. The van der Waals surface area contributed by atoms with Gasteiger partial charge in [-0.15, -0.1) is 11.6 Å². The van der Waals surface area contributed by atoms with Gasteiger partial charge in [0.1, 0.15) is 6.10 Å². The minimum atomic E-state index is -0.421. The Bertz CT molecular complexity index is 117. The molecule has 0 unspecified atom stereocenters. The van der Waals surface area contributed by atoms with Gasteiger partial charge in [0.05, 0.1) is 5.88 Å². The van der Waals surface area contributed by atoms with Crippen LogP contribution in [0.15, 0.2) is 0 Å². The molecule has 1 aliphatic heterocycles. The summed E-state index contributed by atoms with van der Waals surface area (Å²) < 4.78 is 4.72. The molecule has 0 aliphatic carbocycles. The van der Waals surface area contributed by atoms with E-state index >= 15 is 0 Å². The maximum atomic E-state index is 10.2. The summed E-state index contributed by atoms with van der Waals surface area (Å²) in [5.41, 5.74) is 4.84. The number of alkyl halides is 1. The van der Waals surface area contributed by atoms with Crippen molar-refractivity contribution in [2.45, 2.75) is 12.2 Å². The summed E-state index contributed by atoms with van der Waals surface area (Å²) in [5.74, 6) is -0.0659. The van der Waals surface area contributed by atoms with Gasteiger partial charge in [-0.1, -0.05) is 0 Å². The Balaban J connectivity index is 2.26. The largest absolute Gasteiger partial charge is 0.367 e. The lowest BCUT2D eigenvalue weighted by Gasteiger charge is -1.78. The predicted octanol–water partition coefficient (Wildman–Crippen LogP) is -0.522. The Morgan fingerprint density at radius 3 is 2.62 bits per heavy atom. The Kier molecular flexibility index (Phi) is 1.40. The monoisotopic (exact) mass is 135 g/mol. The Morgan fingerprint density at radius 2 is 2.50 bits per heavy atom. The molecule has 0 bridgehead atoms. The third-order valence-electron chi connectivity index (χ3n) is 1.01. The third-order valence-corrected chi connectivity index (χ3v) is 1.32. The molecular formula is C4H6ClNO2. The van der Waals surface area contributed by atoms with E-state index in [1.54, 1.807) is 0 Å². The van der Waals surface area contributed by atoms with E-state index in [0.29, 0.717) is 5.88 Å². The van der Waals surface area contributed by atoms with Gasteiger partial charge in [0, 0.05) is 0 Å². The number of nitrogens with two attached hydrogens (primary N) is 1. The van der Waals surface area contributed by atoms with Gasteiger partial charge in [0.15, 0.2) is 6.10 Å². The summed E-state index contributed by atoms with van der Waals surface area (Å²) in [7, 11) is 0. The Labute approximate surface area is 51.7 Å². The van der Waals surface area contributed by atoms with Gasteiger partial charge in [-0.05, 0) is 0 Å². The van der Waals surface area contributed by atoms with Crippen molar-refractivity contribution < 1.29 is 9.53 Å². The second-order valence-corrected chi connectivity index (χ2v) is 1.96. The van der Waals surface area contributed by atoms with Gasteiger partial charge in [-0.2, -0.15) is 0 Å². The minimum absolute atomic E-state index is 0.117. The number of ether oxygens (including phenoxy) is 1. The van der Waals surface area contributed by atoms with Crippen LogP contribution < -0.4 is 5.73 Å².